The zero-order valence-electron chi connectivity index (χ0n) is 10.8. The van der Waals surface area contributed by atoms with E-state index in [1.165, 1.54) is 10.4 Å². The smallest absolute Gasteiger partial charge is 0.247 e. The van der Waals surface area contributed by atoms with Crippen molar-refractivity contribution in [2.24, 2.45) is 5.73 Å². The minimum Gasteiger partial charge on any atom is -0.452 e. The Bertz CT molecular complexity index is 498. The third kappa shape index (κ3) is 3.14. The lowest BCUT2D eigenvalue weighted by molar-refractivity contribution is 0.367. The molecule has 1 heterocycles. The van der Waals surface area contributed by atoms with Gasteiger partial charge >= 0.3 is 0 Å². The van der Waals surface area contributed by atoms with Crippen molar-refractivity contribution in [3.8, 4) is 0 Å². The molecule has 2 N–H and O–H groups in total. The van der Waals surface area contributed by atoms with Gasteiger partial charge in [-0.05, 0) is 29.3 Å². The Morgan fingerprint density at radius 2 is 2.17 bits per heavy atom. The Morgan fingerprint density at radius 1 is 1.56 bits per heavy atom. The van der Waals surface area contributed by atoms with Crippen molar-refractivity contribution in [1.82, 2.24) is 4.31 Å². The van der Waals surface area contributed by atoms with Crippen molar-refractivity contribution in [2.45, 2.75) is 44.2 Å². The first kappa shape index (κ1) is 15.7. The Balaban J connectivity index is 3.08. The van der Waals surface area contributed by atoms with Crippen LogP contribution in [0.5, 0.6) is 0 Å². The molecule has 0 aliphatic carbocycles. The minimum absolute atomic E-state index is 0.0527. The highest BCUT2D eigenvalue weighted by Crippen LogP contribution is 2.29. The van der Waals surface area contributed by atoms with Crippen LogP contribution in [0.1, 0.15) is 32.4 Å². The molecular formula is C11H19BrN2O3S. The topological polar surface area (TPSA) is 76.5 Å². The van der Waals surface area contributed by atoms with Gasteiger partial charge in [0.05, 0.1) is 6.54 Å². The van der Waals surface area contributed by atoms with Crippen LogP contribution in [-0.2, 0) is 16.6 Å². The van der Waals surface area contributed by atoms with Crippen molar-refractivity contribution in [3.63, 3.8) is 0 Å². The molecule has 0 radical (unpaired) electrons. The van der Waals surface area contributed by atoms with Gasteiger partial charge in [-0.15, -0.1) is 0 Å². The summed E-state index contributed by atoms with van der Waals surface area (Å²) in [4.78, 5) is 0.133. The number of hydrogen-bond acceptors (Lipinski definition) is 4. The van der Waals surface area contributed by atoms with Gasteiger partial charge in [0.1, 0.15) is 10.7 Å². The molecule has 0 fully saturated rings. The van der Waals surface area contributed by atoms with E-state index in [0.29, 0.717) is 5.76 Å². The van der Waals surface area contributed by atoms with E-state index in [1.54, 1.807) is 7.05 Å². The summed E-state index contributed by atoms with van der Waals surface area (Å²) in [6.07, 6.45) is 1.75. The van der Waals surface area contributed by atoms with E-state index in [0.717, 1.165) is 12.8 Å². The fourth-order valence-corrected chi connectivity index (χ4v) is 4.02. The number of nitrogens with zero attached hydrogens (tertiary/aromatic N) is 1. The lowest BCUT2D eigenvalue weighted by atomic mass is 10.2. The van der Waals surface area contributed by atoms with Crippen molar-refractivity contribution in [1.29, 1.82) is 0 Å². The van der Waals surface area contributed by atoms with Crippen molar-refractivity contribution in [3.05, 3.63) is 16.5 Å². The zero-order valence-corrected chi connectivity index (χ0v) is 13.2. The molecule has 5 nitrogen and oxygen atoms in total. The summed E-state index contributed by atoms with van der Waals surface area (Å²) in [5.74, 6) is 0.442. The van der Waals surface area contributed by atoms with E-state index in [2.05, 4.69) is 15.9 Å². The van der Waals surface area contributed by atoms with Gasteiger partial charge in [0.2, 0.25) is 10.0 Å². The van der Waals surface area contributed by atoms with Crippen LogP contribution in [0.3, 0.4) is 0 Å². The van der Waals surface area contributed by atoms with E-state index in [-0.39, 0.29) is 22.2 Å². The molecule has 0 spiro atoms. The summed E-state index contributed by atoms with van der Waals surface area (Å²) in [5.41, 5.74) is 5.44. The predicted molar refractivity (Wildman–Crippen MR) is 73.6 cm³/mol. The lowest BCUT2D eigenvalue weighted by Crippen LogP contribution is -2.34. The third-order valence-electron chi connectivity index (χ3n) is 2.89. The summed E-state index contributed by atoms with van der Waals surface area (Å²) in [7, 11) is -1.96. The Kier molecular flexibility index (Phi) is 5.39. The van der Waals surface area contributed by atoms with Crippen molar-refractivity contribution < 1.29 is 12.8 Å². The summed E-state index contributed by atoms with van der Waals surface area (Å²) in [5, 5.41) is 0. The Morgan fingerprint density at radius 3 is 2.61 bits per heavy atom. The van der Waals surface area contributed by atoms with E-state index in [9.17, 15) is 8.42 Å². The van der Waals surface area contributed by atoms with Crippen LogP contribution in [0.2, 0.25) is 0 Å². The quantitative estimate of drug-likeness (QED) is 0.863. The fraction of sp³-hybridized carbons (Fsp3) is 0.636. The zero-order chi connectivity index (χ0) is 13.9. The van der Waals surface area contributed by atoms with Crippen LogP contribution >= 0.6 is 15.9 Å². The molecule has 1 aromatic rings. The van der Waals surface area contributed by atoms with Crippen LogP contribution in [0.25, 0.3) is 0 Å². The maximum atomic E-state index is 12.4. The number of halogens is 1. The average Bonchev–Trinajstić information content (AvgIpc) is 2.70. The molecule has 0 aliphatic heterocycles. The lowest BCUT2D eigenvalue weighted by Gasteiger charge is -2.23. The van der Waals surface area contributed by atoms with Gasteiger partial charge in [0.25, 0.3) is 0 Å². The summed E-state index contributed by atoms with van der Waals surface area (Å²) in [6, 6.07) is 1.41. The third-order valence-corrected chi connectivity index (χ3v) is 5.72. The fourth-order valence-electron chi connectivity index (χ4n) is 1.67. The van der Waals surface area contributed by atoms with Crippen molar-refractivity contribution in [2.75, 3.05) is 7.05 Å². The molecule has 1 aromatic heterocycles. The first-order chi connectivity index (χ1) is 8.34. The van der Waals surface area contributed by atoms with Crippen LogP contribution in [-0.4, -0.2) is 25.8 Å². The molecule has 0 saturated carbocycles. The molecule has 1 unspecified atom stereocenters. The number of rotatable bonds is 6. The molecule has 18 heavy (non-hydrogen) atoms. The van der Waals surface area contributed by atoms with E-state index < -0.39 is 10.0 Å². The highest BCUT2D eigenvalue weighted by Gasteiger charge is 2.29. The van der Waals surface area contributed by atoms with Gasteiger partial charge in [-0.25, -0.2) is 8.42 Å². The number of nitrogens with two attached hydrogens (primary N) is 1. The second-order valence-corrected chi connectivity index (χ2v) is 6.90. The number of furan rings is 1. The largest absolute Gasteiger partial charge is 0.452 e. The highest BCUT2D eigenvalue weighted by atomic mass is 79.9. The maximum absolute atomic E-state index is 12.4. The van der Waals surface area contributed by atoms with Gasteiger partial charge in [-0.1, -0.05) is 13.3 Å². The molecule has 0 aromatic carbocycles. The first-order valence-electron chi connectivity index (χ1n) is 5.80. The summed E-state index contributed by atoms with van der Waals surface area (Å²) >= 11 is 3.12. The molecule has 7 heteroatoms. The number of sulfonamides is 1. The molecule has 0 bridgehead atoms. The Labute approximate surface area is 117 Å². The molecule has 104 valence electrons. The van der Waals surface area contributed by atoms with Gasteiger partial charge in [-0.2, -0.15) is 4.31 Å². The highest BCUT2D eigenvalue weighted by molar-refractivity contribution is 9.10. The van der Waals surface area contributed by atoms with Crippen LogP contribution < -0.4 is 5.73 Å². The SMILES string of the molecule is CCCC(C)N(C)S(=O)(=O)c1cc(CN)oc1Br. The number of hydrogen-bond donors (Lipinski definition) is 1. The molecule has 1 atom stereocenters. The second kappa shape index (κ2) is 6.18. The second-order valence-electron chi connectivity index (χ2n) is 4.21. The standard InChI is InChI=1S/C11H19BrN2O3S/c1-4-5-8(2)14(3)18(15,16)10-6-9(7-13)17-11(10)12/h6,8H,4-5,7,13H2,1-3H3. The van der Waals surface area contributed by atoms with Crippen molar-refractivity contribution >= 4 is 26.0 Å². The van der Waals surface area contributed by atoms with Crippen LogP contribution in [0.15, 0.2) is 20.0 Å². The van der Waals surface area contributed by atoms with E-state index in [1.807, 2.05) is 13.8 Å². The minimum atomic E-state index is -3.54. The summed E-state index contributed by atoms with van der Waals surface area (Å²) < 4.78 is 31.6. The van der Waals surface area contributed by atoms with Crippen LogP contribution in [0, 0.1) is 0 Å². The molecule has 0 saturated heterocycles. The Hall–Kier alpha value is -0.370. The van der Waals surface area contributed by atoms with Gasteiger partial charge in [-0.3, -0.25) is 0 Å². The monoisotopic (exact) mass is 338 g/mol. The predicted octanol–water partition coefficient (Wildman–Crippen LogP) is 2.31. The van der Waals surface area contributed by atoms with E-state index >= 15 is 0 Å². The molecular weight excluding hydrogens is 320 g/mol. The molecule has 0 amide bonds. The van der Waals surface area contributed by atoms with Gasteiger partial charge in [0, 0.05) is 19.2 Å². The van der Waals surface area contributed by atoms with Gasteiger partial charge in [0.15, 0.2) is 4.67 Å². The van der Waals surface area contributed by atoms with Crippen LogP contribution in [0.4, 0.5) is 0 Å². The normalized spacial score (nSPS) is 14.1. The van der Waals surface area contributed by atoms with E-state index in [4.69, 9.17) is 10.2 Å². The maximum Gasteiger partial charge on any atom is 0.247 e. The first-order valence-corrected chi connectivity index (χ1v) is 8.04. The summed E-state index contributed by atoms with van der Waals surface area (Å²) in [6.45, 7) is 4.08. The van der Waals surface area contributed by atoms with Gasteiger partial charge < -0.3 is 10.2 Å². The molecule has 0 aliphatic rings. The average molecular weight is 339 g/mol. The molecule has 1 rings (SSSR count).